The average Bonchev–Trinajstić information content (AvgIpc) is 2.41. The van der Waals surface area contributed by atoms with Crippen LogP contribution in [0.4, 0.5) is 0 Å². The molecule has 1 N–H and O–H groups in total. The van der Waals surface area contributed by atoms with Crippen molar-refractivity contribution >= 4 is 10.8 Å². The second-order valence-corrected chi connectivity index (χ2v) is 4.70. The van der Waals surface area contributed by atoms with Gasteiger partial charge in [0.25, 0.3) is 0 Å². The molecule has 0 aliphatic carbocycles. The van der Waals surface area contributed by atoms with Crippen LogP contribution in [0.1, 0.15) is 30.9 Å². The molecule has 1 saturated heterocycles. The molecule has 1 aliphatic rings. The summed E-state index contributed by atoms with van der Waals surface area (Å²) < 4.78 is 0. The van der Waals surface area contributed by atoms with Crippen molar-refractivity contribution in [2.45, 2.75) is 25.3 Å². The van der Waals surface area contributed by atoms with Gasteiger partial charge in [-0.2, -0.15) is 0 Å². The highest BCUT2D eigenvalue weighted by Crippen LogP contribution is 2.33. The first-order chi connectivity index (χ1) is 8.36. The summed E-state index contributed by atoms with van der Waals surface area (Å²) in [5.74, 6) is 0.125. The Balaban J connectivity index is 2.12. The van der Waals surface area contributed by atoms with Gasteiger partial charge < -0.3 is 5.32 Å². The number of fused-ring (bicyclic) bond motifs is 1. The van der Waals surface area contributed by atoms with Crippen molar-refractivity contribution in [3.8, 4) is 5.75 Å². The molecule has 1 radical (unpaired) electrons. The van der Waals surface area contributed by atoms with E-state index in [0.717, 1.165) is 17.3 Å². The van der Waals surface area contributed by atoms with Gasteiger partial charge >= 0.3 is 0 Å². The van der Waals surface area contributed by atoms with Crippen molar-refractivity contribution in [1.82, 2.24) is 5.32 Å². The molecule has 0 saturated carbocycles. The van der Waals surface area contributed by atoms with E-state index in [1.54, 1.807) is 6.07 Å². The summed E-state index contributed by atoms with van der Waals surface area (Å²) in [5.41, 5.74) is 1.28. The van der Waals surface area contributed by atoms with Crippen LogP contribution in [-0.4, -0.2) is 6.54 Å². The van der Waals surface area contributed by atoms with Crippen molar-refractivity contribution in [3.63, 3.8) is 0 Å². The molecule has 2 aromatic rings. The van der Waals surface area contributed by atoms with Gasteiger partial charge in [0.2, 0.25) is 0 Å². The van der Waals surface area contributed by atoms with E-state index in [4.69, 9.17) is 0 Å². The lowest BCUT2D eigenvalue weighted by molar-refractivity contribution is 0.359. The smallest absolute Gasteiger partial charge is 0.186 e. The molecule has 2 heteroatoms. The van der Waals surface area contributed by atoms with Crippen molar-refractivity contribution in [3.05, 3.63) is 42.0 Å². The Bertz CT molecular complexity index is 529. The van der Waals surface area contributed by atoms with Gasteiger partial charge in [0.1, 0.15) is 0 Å². The maximum Gasteiger partial charge on any atom is 0.186 e. The van der Waals surface area contributed by atoms with E-state index in [1.807, 2.05) is 24.3 Å². The maximum absolute atomic E-state index is 11.8. The van der Waals surface area contributed by atoms with Crippen LogP contribution in [0, 0.1) is 0 Å². The molecule has 2 nitrogen and oxygen atoms in total. The highest BCUT2D eigenvalue weighted by Gasteiger charge is 2.17. The molecule has 1 atom stereocenters. The molecule has 1 aliphatic heterocycles. The zero-order valence-electron chi connectivity index (χ0n) is 9.78. The van der Waals surface area contributed by atoms with Gasteiger partial charge in [0, 0.05) is 11.4 Å². The Morgan fingerprint density at radius 1 is 1.00 bits per heavy atom. The van der Waals surface area contributed by atoms with Gasteiger partial charge in [0.05, 0.1) is 0 Å². The molecule has 0 amide bonds. The minimum atomic E-state index is 0.125. The normalized spacial score (nSPS) is 20.6. The SMILES string of the molecule is [O]c1ccc(C2CCCCN2)c2ccccc12. The standard InChI is InChI=1S/C15H16NO/c17-15-9-8-12(14-7-3-4-10-16-14)11-5-1-2-6-13(11)15/h1-2,5-6,8-9,14,16H,3-4,7,10H2. The molecule has 1 heterocycles. The van der Waals surface area contributed by atoms with E-state index >= 15 is 0 Å². The van der Waals surface area contributed by atoms with Crippen molar-refractivity contribution in [2.24, 2.45) is 0 Å². The van der Waals surface area contributed by atoms with E-state index < -0.39 is 0 Å². The minimum absolute atomic E-state index is 0.125. The zero-order valence-corrected chi connectivity index (χ0v) is 9.78. The maximum atomic E-state index is 11.8. The lowest BCUT2D eigenvalue weighted by Crippen LogP contribution is -2.26. The van der Waals surface area contributed by atoms with Crippen molar-refractivity contribution < 1.29 is 5.11 Å². The van der Waals surface area contributed by atoms with Crippen molar-refractivity contribution in [2.75, 3.05) is 6.54 Å². The Morgan fingerprint density at radius 2 is 1.82 bits per heavy atom. The quantitative estimate of drug-likeness (QED) is 0.788. The van der Waals surface area contributed by atoms with E-state index in [9.17, 15) is 5.11 Å². The fourth-order valence-corrected chi connectivity index (χ4v) is 2.72. The zero-order chi connectivity index (χ0) is 11.7. The van der Waals surface area contributed by atoms with Gasteiger partial charge in [-0.05, 0) is 36.4 Å². The van der Waals surface area contributed by atoms with Gasteiger partial charge in [0.15, 0.2) is 5.75 Å². The largest absolute Gasteiger partial charge is 0.310 e. The summed E-state index contributed by atoms with van der Waals surface area (Å²) >= 11 is 0. The highest BCUT2D eigenvalue weighted by atomic mass is 16.3. The number of nitrogens with one attached hydrogen (secondary N) is 1. The monoisotopic (exact) mass is 226 g/mol. The predicted molar refractivity (Wildman–Crippen MR) is 68.7 cm³/mol. The summed E-state index contributed by atoms with van der Waals surface area (Å²) in [7, 11) is 0. The fraction of sp³-hybridized carbons (Fsp3) is 0.333. The second-order valence-electron chi connectivity index (χ2n) is 4.70. The van der Waals surface area contributed by atoms with E-state index in [0.29, 0.717) is 6.04 Å². The molecule has 17 heavy (non-hydrogen) atoms. The molecule has 0 bridgehead atoms. The van der Waals surface area contributed by atoms with Crippen LogP contribution in [0.2, 0.25) is 0 Å². The first-order valence-electron chi connectivity index (χ1n) is 6.28. The molecule has 0 spiro atoms. The van der Waals surface area contributed by atoms with Gasteiger partial charge in [-0.15, -0.1) is 0 Å². The molecular weight excluding hydrogens is 210 g/mol. The van der Waals surface area contributed by atoms with E-state index in [2.05, 4.69) is 11.4 Å². The van der Waals surface area contributed by atoms with E-state index in [1.165, 1.54) is 24.8 Å². The number of benzene rings is 2. The molecule has 1 fully saturated rings. The minimum Gasteiger partial charge on any atom is -0.310 e. The Morgan fingerprint density at radius 3 is 2.59 bits per heavy atom. The van der Waals surface area contributed by atoms with E-state index in [-0.39, 0.29) is 5.75 Å². The number of rotatable bonds is 1. The third-order valence-electron chi connectivity index (χ3n) is 3.60. The first-order valence-corrected chi connectivity index (χ1v) is 6.28. The average molecular weight is 226 g/mol. The van der Waals surface area contributed by atoms with Gasteiger partial charge in [-0.3, -0.25) is 5.11 Å². The highest BCUT2D eigenvalue weighted by molar-refractivity contribution is 5.91. The molecule has 2 aromatic carbocycles. The van der Waals surface area contributed by atoms with Crippen LogP contribution in [0.25, 0.3) is 10.8 Å². The lowest BCUT2D eigenvalue weighted by Gasteiger charge is -2.25. The summed E-state index contributed by atoms with van der Waals surface area (Å²) in [4.78, 5) is 0. The van der Waals surface area contributed by atoms with Crippen LogP contribution in [0.15, 0.2) is 36.4 Å². The van der Waals surface area contributed by atoms with Crippen molar-refractivity contribution in [1.29, 1.82) is 0 Å². The van der Waals surface area contributed by atoms with Crippen LogP contribution >= 0.6 is 0 Å². The lowest BCUT2D eigenvalue weighted by atomic mass is 9.93. The number of hydrogen-bond donors (Lipinski definition) is 1. The summed E-state index contributed by atoms with van der Waals surface area (Å²) in [5, 5.41) is 17.3. The first kappa shape index (κ1) is 10.6. The predicted octanol–water partition coefficient (Wildman–Crippen LogP) is 3.80. The molecule has 87 valence electrons. The summed E-state index contributed by atoms with van der Waals surface area (Å²) in [6, 6.07) is 12.0. The third-order valence-corrected chi connectivity index (χ3v) is 3.60. The van der Waals surface area contributed by atoms with Crippen LogP contribution < -0.4 is 5.32 Å². The van der Waals surface area contributed by atoms with Crippen LogP contribution in [0.3, 0.4) is 0 Å². The van der Waals surface area contributed by atoms with Gasteiger partial charge in [-0.25, -0.2) is 0 Å². The van der Waals surface area contributed by atoms with Crippen LogP contribution in [-0.2, 0) is 5.11 Å². The fourth-order valence-electron chi connectivity index (χ4n) is 2.72. The third kappa shape index (κ3) is 1.89. The Kier molecular flexibility index (Phi) is 2.73. The number of piperidine rings is 1. The number of hydrogen-bond acceptors (Lipinski definition) is 1. The Labute approximate surface area is 101 Å². The molecule has 3 rings (SSSR count). The second kappa shape index (κ2) is 4.38. The molecule has 0 aromatic heterocycles. The summed E-state index contributed by atoms with van der Waals surface area (Å²) in [6.45, 7) is 1.08. The Hall–Kier alpha value is -1.54. The topological polar surface area (TPSA) is 31.9 Å². The van der Waals surface area contributed by atoms with Crippen LogP contribution in [0.5, 0.6) is 5.75 Å². The summed E-state index contributed by atoms with van der Waals surface area (Å²) in [6.07, 6.45) is 3.70. The van der Waals surface area contributed by atoms with Gasteiger partial charge in [-0.1, -0.05) is 36.8 Å². The molecular formula is C15H16NO. The molecule has 1 unspecified atom stereocenters.